The van der Waals surface area contributed by atoms with Crippen LogP contribution in [0, 0.1) is 5.92 Å². The van der Waals surface area contributed by atoms with E-state index in [-0.39, 0.29) is 35.0 Å². The molecule has 8 heteroatoms. The van der Waals surface area contributed by atoms with Gasteiger partial charge in [-0.25, -0.2) is 0 Å². The SMILES string of the molecule is CCCCCCCCC(CCC)OC(=O)CCCCCCCN(CCCCCCCC(=O)OC(CCCCCCCC)CCCCCCCC)c1c(NCCCC(C)CC)c(=O)c1=O. The van der Waals surface area contributed by atoms with Crippen molar-refractivity contribution in [2.24, 2.45) is 5.92 Å². The Hall–Kier alpha value is -2.38. The van der Waals surface area contributed by atoms with E-state index < -0.39 is 0 Å². The molecule has 0 aliphatic heterocycles. The van der Waals surface area contributed by atoms with E-state index in [9.17, 15) is 19.2 Å². The third-order valence-electron chi connectivity index (χ3n) is 13.5. The quantitative estimate of drug-likeness (QED) is 0.0392. The number of ether oxygens (including phenoxy) is 2. The van der Waals surface area contributed by atoms with Crippen LogP contribution >= 0.6 is 0 Å². The molecule has 0 fully saturated rings. The van der Waals surface area contributed by atoms with Gasteiger partial charge in [0.15, 0.2) is 0 Å². The standard InChI is InChI=1S/C56H104N2O6/c1-7-12-15-18-23-30-40-49(38-10-4)63-51(59)43-33-26-21-28-35-46-58(54-53(55(61)56(54)62)57-45-37-39-48(6)11-5)47-36-29-22-27-34-44-52(60)64-50(41-31-24-19-16-13-8-2)42-32-25-20-17-14-9-3/h48-50,57H,7-47H2,1-6H3. The predicted octanol–water partition coefficient (Wildman–Crippen LogP) is 15.9. The van der Waals surface area contributed by atoms with Gasteiger partial charge in [-0.15, -0.1) is 0 Å². The molecule has 1 aromatic carbocycles. The minimum Gasteiger partial charge on any atom is -0.462 e. The van der Waals surface area contributed by atoms with Crippen LogP contribution in [0.2, 0.25) is 0 Å². The number of esters is 2. The Balaban J connectivity index is 2.59. The molecule has 0 aromatic heterocycles. The zero-order chi connectivity index (χ0) is 46.9. The van der Waals surface area contributed by atoms with Gasteiger partial charge in [-0.05, 0) is 89.4 Å². The minimum atomic E-state index is -0.378. The molecule has 8 nitrogen and oxygen atoms in total. The van der Waals surface area contributed by atoms with Crippen LogP contribution in [-0.4, -0.2) is 43.8 Å². The molecule has 374 valence electrons. The van der Waals surface area contributed by atoms with Gasteiger partial charge in [0, 0.05) is 32.5 Å². The summed E-state index contributed by atoms with van der Waals surface area (Å²) in [4.78, 5) is 53.6. The summed E-state index contributed by atoms with van der Waals surface area (Å²) >= 11 is 0. The van der Waals surface area contributed by atoms with Gasteiger partial charge >= 0.3 is 11.9 Å². The summed E-state index contributed by atoms with van der Waals surface area (Å²) in [5.41, 5.74) is 0.357. The molecule has 0 saturated carbocycles. The van der Waals surface area contributed by atoms with Crippen molar-refractivity contribution in [1.82, 2.24) is 0 Å². The van der Waals surface area contributed by atoms with Crippen molar-refractivity contribution < 1.29 is 19.1 Å². The maximum absolute atomic E-state index is 13.0. The van der Waals surface area contributed by atoms with Crippen LogP contribution in [0.4, 0.5) is 11.4 Å². The van der Waals surface area contributed by atoms with E-state index in [1.807, 2.05) is 0 Å². The number of nitrogens with zero attached hydrogens (tertiary/aromatic N) is 1. The van der Waals surface area contributed by atoms with Crippen LogP contribution in [0.5, 0.6) is 0 Å². The highest BCUT2D eigenvalue weighted by molar-refractivity contribution is 5.75. The molecule has 2 unspecified atom stereocenters. The van der Waals surface area contributed by atoms with E-state index in [1.165, 1.54) is 96.3 Å². The Morgan fingerprint density at radius 1 is 0.453 bits per heavy atom. The van der Waals surface area contributed by atoms with Crippen molar-refractivity contribution >= 4 is 23.3 Å². The summed E-state index contributed by atoms with van der Waals surface area (Å²) in [6.45, 7) is 15.6. The van der Waals surface area contributed by atoms with E-state index in [2.05, 4.69) is 51.8 Å². The molecule has 2 atom stereocenters. The van der Waals surface area contributed by atoms with E-state index in [4.69, 9.17) is 9.47 Å². The molecule has 1 aromatic rings. The Bertz CT molecular complexity index is 1290. The fourth-order valence-corrected chi connectivity index (χ4v) is 9.05. The molecule has 0 heterocycles. The summed E-state index contributed by atoms with van der Waals surface area (Å²) in [5.74, 6) is 0.569. The predicted molar refractivity (Wildman–Crippen MR) is 275 cm³/mol. The fourth-order valence-electron chi connectivity index (χ4n) is 9.05. The maximum atomic E-state index is 13.0. The van der Waals surface area contributed by atoms with Crippen molar-refractivity contribution in [1.29, 1.82) is 0 Å². The van der Waals surface area contributed by atoms with Crippen molar-refractivity contribution in [3.63, 3.8) is 0 Å². The minimum absolute atomic E-state index is 0.0308. The molecule has 0 spiro atoms. The van der Waals surface area contributed by atoms with E-state index in [0.29, 0.717) is 36.7 Å². The second-order valence-electron chi connectivity index (χ2n) is 19.7. The molecule has 0 aliphatic carbocycles. The van der Waals surface area contributed by atoms with Crippen LogP contribution in [0.1, 0.15) is 286 Å². The number of rotatable bonds is 48. The summed E-state index contributed by atoms with van der Waals surface area (Å²) in [6.07, 6.45) is 41.6. The molecule has 1 rings (SSSR count). The number of carbonyl (C=O) groups excluding carboxylic acids is 2. The Morgan fingerprint density at radius 3 is 1.27 bits per heavy atom. The second kappa shape index (κ2) is 42.0. The van der Waals surface area contributed by atoms with E-state index in [0.717, 1.165) is 148 Å². The van der Waals surface area contributed by atoms with E-state index >= 15 is 0 Å². The molecule has 0 bridgehead atoms. The third-order valence-corrected chi connectivity index (χ3v) is 13.5. The van der Waals surface area contributed by atoms with Gasteiger partial charge in [-0.2, -0.15) is 0 Å². The summed E-state index contributed by atoms with van der Waals surface area (Å²) in [6, 6.07) is 0. The first-order valence-corrected chi connectivity index (χ1v) is 27.9. The molecule has 0 radical (unpaired) electrons. The largest absolute Gasteiger partial charge is 0.462 e. The van der Waals surface area contributed by atoms with Crippen LogP contribution < -0.4 is 21.1 Å². The Morgan fingerprint density at radius 2 is 0.844 bits per heavy atom. The van der Waals surface area contributed by atoms with E-state index in [1.54, 1.807) is 0 Å². The number of anilines is 2. The molecule has 0 saturated heterocycles. The van der Waals surface area contributed by atoms with Crippen molar-refractivity contribution in [2.75, 3.05) is 29.9 Å². The number of carbonyl (C=O) groups is 2. The van der Waals surface area contributed by atoms with Gasteiger partial charge in [0.2, 0.25) is 0 Å². The number of nitrogens with one attached hydrogen (secondary N) is 1. The van der Waals surface area contributed by atoms with Gasteiger partial charge < -0.3 is 19.7 Å². The lowest BCUT2D eigenvalue weighted by Crippen LogP contribution is -2.43. The van der Waals surface area contributed by atoms with Gasteiger partial charge in [-0.3, -0.25) is 19.2 Å². The van der Waals surface area contributed by atoms with Gasteiger partial charge in [0.25, 0.3) is 10.9 Å². The molecule has 0 aliphatic rings. The van der Waals surface area contributed by atoms with Crippen LogP contribution in [-0.2, 0) is 19.1 Å². The lowest BCUT2D eigenvalue weighted by molar-refractivity contribution is -0.151. The topological polar surface area (TPSA) is 102 Å². The highest BCUT2D eigenvalue weighted by atomic mass is 16.5. The average Bonchev–Trinajstić information content (AvgIpc) is 3.29. The smallest absolute Gasteiger partial charge is 0.306 e. The average molecular weight is 901 g/mol. The fraction of sp³-hybridized carbons (Fsp3) is 0.893. The highest BCUT2D eigenvalue weighted by Gasteiger charge is 2.25. The molecular formula is C56H104N2O6. The zero-order valence-electron chi connectivity index (χ0n) is 43.1. The Kier molecular flexibility index (Phi) is 39.1. The summed E-state index contributed by atoms with van der Waals surface area (Å²) in [5, 5.41) is 3.35. The molecule has 1 N–H and O–H groups in total. The third kappa shape index (κ3) is 30.8. The van der Waals surface area contributed by atoms with Crippen molar-refractivity contribution in [3.05, 3.63) is 20.4 Å². The monoisotopic (exact) mass is 901 g/mol. The molecule has 64 heavy (non-hydrogen) atoms. The number of unbranched alkanes of at least 4 members (excludes halogenated alkanes) is 23. The van der Waals surface area contributed by atoms with Gasteiger partial charge in [0.05, 0.1) is 0 Å². The van der Waals surface area contributed by atoms with Crippen LogP contribution in [0.25, 0.3) is 0 Å². The van der Waals surface area contributed by atoms with Gasteiger partial charge in [-0.1, -0.05) is 189 Å². The molecule has 0 amide bonds. The summed E-state index contributed by atoms with van der Waals surface area (Å²) in [7, 11) is 0. The first-order chi connectivity index (χ1) is 31.2. The highest BCUT2D eigenvalue weighted by Crippen LogP contribution is 2.24. The Labute approximate surface area is 395 Å². The summed E-state index contributed by atoms with van der Waals surface area (Å²) < 4.78 is 12.0. The number of hydrogen-bond acceptors (Lipinski definition) is 8. The second-order valence-corrected chi connectivity index (χ2v) is 19.7. The molecular weight excluding hydrogens is 797 g/mol. The van der Waals surface area contributed by atoms with Crippen LogP contribution in [0.3, 0.4) is 0 Å². The lowest BCUT2D eigenvalue weighted by Gasteiger charge is -2.28. The van der Waals surface area contributed by atoms with Crippen molar-refractivity contribution in [3.8, 4) is 0 Å². The first kappa shape index (κ1) is 59.6. The lowest BCUT2D eigenvalue weighted by atomic mass is 10.0. The normalized spacial score (nSPS) is 12.5. The number of hydrogen-bond donors (Lipinski definition) is 1. The van der Waals surface area contributed by atoms with Gasteiger partial charge in [0.1, 0.15) is 23.6 Å². The van der Waals surface area contributed by atoms with Crippen molar-refractivity contribution in [2.45, 2.75) is 298 Å². The maximum Gasteiger partial charge on any atom is 0.306 e. The zero-order valence-corrected chi connectivity index (χ0v) is 43.1. The van der Waals surface area contributed by atoms with Crippen LogP contribution in [0.15, 0.2) is 9.59 Å². The first-order valence-electron chi connectivity index (χ1n) is 27.9.